The van der Waals surface area contributed by atoms with Gasteiger partial charge in [-0.05, 0) is 12.1 Å². The maximum Gasteiger partial charge on any atom is 0.251 e. The number of halogens is 5. The van der Waals surface area contributed by atoms with Crippen LogP contribution in [0.25, 0.3) is 0 Å². The monoisotopic (exact) mass is 385 g/mol. The van der Waals surface area contributed by atoms with Crippen molar-refractivity contribution in [1.82, 2.24) is 10.7 Å². The fraction of sp³-hybridized carbons (Fsp3) is 0.118. The molecule has 2 amide bonds. The predicted octanol–water partition coefficient (Wildman–Crippen LogP) is 2.65. The standard InChI is InChI=1S/C17H12F5N3O2/c18-12-10(13(19)15(21)16(22)14(12)20)8-24-25-11(26)6-7-23-17(27)9-4-2-1-3-5-9/h1-5,8H,6-7H2,(H,23,27)(H,25,26)/b24-8-. The Bertz CT molecular complexity index is 859. The summed E-state index contributed by atoms with van der Waals surface area (Å²) in [6, 6.07) is 8.20. The van der Waals surface area contributed by atoms with Crippen molar-refractivity contribution in [3.05, 3.63) is 70.5 Å². The number of carbonyl (C=O) groups excluding carboxylic acids is 2. The highest BCUT2D eigenvalue weighted by atomic mass is 19.2. The summed E-state index contributed by atoms with van der Waals surface area (Å²) in [4.78, 5) is 23.3. The summed E-state index contributed by atoms with van der Waals surface area (Å²) in [5, 5.41) is 5.62. The molecule has 0 fully saturated rings. The smallest absolute Gasteiger partial charge is 0.251 e. The molecule has 2 aromatic carbocycles. The second kappa shape index (κ2) is 8.88. The molecule has 10 heteroatoms. The van der Waals surface area contributed by atoms with Crippen LogP contribution in [-0.4, -0.2) is 24.6 Å². The van der Waals surface area contributed by atoms with Crippen molar-refractivity contribution >= 4 is 18.0 Å². The first-order valence-electron chi connectivity index (χ1n) is 7.49. The molecule has 0 saturated heterocycles. The largest absolute Gasteiger partial charge is 0.352 e. The summed E-state index contributed by atoms with van der Waals surface area (Å²) in [5.74, 6) is -11.8. The van der Waals surface area contributed by atoms with Crippen LogP contribution >= 0.6 is 0 Å². The molecule has 0 unspecified atom stereocenters. The molecule has 0 atom stereocenters. The summed E-state index contributed by atoms with van der Waals surface area (Å²) in [5.41, 5.74) is 0.963. The zero-order chi connectivity index (χ0) is 20.0. The van der Waals surface area contributed by atoms with Crippen molar-refractivity contribution in [3.63, 3.8) is 0 Å². The molecule has 2 rings (SSSR count). The highest BCUT2D eigenvalue weighted by Gasteiger charge is 2.24. The van der Waals surface area contributed by atoms with Crippen LogP contribution in [0.3, 0.4) is 0 Å². The van der Waals surface area contributed by atoms with Gasteiger partial charge in [0.2, 0.25) is 11.7 Å². The molecule has 0 aromatic heterocycles. The van der Waals surface area contributed by atoms with Gasteiger partial charge in [0.1, 0.15) is 0 Å². The molecule has 2 N–H and O–H groups in total. The lowest BCUT2D eigenvalue weighted by atomic mass is 10.2. The van der Waals surface area contributed by atoms with E-state index in [-0.39, 0.29) is 13.0 Å². The minimum atomic E-state index is -2.29. The zero-order valence-electron chi connectivity index (χ0n) is 13.5. The summed E-state index contributed by atoms with van der Waals surface area (Å²) >= 11 is 0. The van der Waals surface area contributed by atoms with Crippen LogP contribution in [0.2, 0.25) is 0 Å². The van der Waals surface area contributed by atoms with Gasteiger partial charge in [0.15, 0.2) is 23.3 Å². The van der Waals surface area contributed by atoms with E-state index >= 15 is 0 Å². The van der Waals surface area contributed by atoms with Gasteiger partial charge in [-0.3, -0.25) is 9.59 Å². The van der Waals surface area contributed by atoms with Crippen LogP contribution in [-0.2, 0) is 4.79 Å². The van der Waals surface area contributed by atoms with E-state index in [2.05, 4.69) is 10.4 Å². The molecule has 0 spiro atoms. The van der Waals surface area contributed by atoms with Crippen molar-refractivity contribution in [1.29, 1.82) is 0 Å². The number of nitrogens with one attached hydrogen (secondary N) is 2. The molecule has 27 heavy (non-hydrogen) atoms. The van der Waals surface area contributed by atoms with E-state index in [1.165, 1.54) is 0 Å². The topological polar surface area (TPSA) is 70.6 Å². The number of nitrogens with zero attached hydrogens (tertiary/aromatic N) is 1. The first-order chi connectivity index (χ1) is 12.8. The van der Waals surface area contributed by atoms with Crippen molar-refractivity contribution in [2.75, 3.05) is 6.54 Å². The second-order valence-corrected chi connectivity index (χ2v) is 5.15. The SMILES string of the molecule is O=C(CCNC(=O)c1ccccc1)N/N=C\c1c(F)c(F)c(F)c(F)c1F. The molecular weight excluding hydrogens is 373 g/mol. The number of rotatable bonds is 6. The van der Waals surface area contributed by atoms with E-state index in [0.717, 1.165) is 0 Å². The molecule has 0 heterocycles. The Morgan fingerprint density at radius 1 is 0.889 bits per heavy atom. The maximum atomic E-state index is 13.4. The fourth-order valence-corrected chi connectivity index (χ4v) is 1.94. The highest BCUT2D eigenvalue weighted by molar-refractivity contribution is 5.94. The summed E-state index contributed by atoms with van der Waals surface area (Å²) in [6.07, 6.45) is 0.0731. The van der Waals surface area contributed by atoms with Gasteiger partial charge in [-0.2, -0.15) is 5.10 Å². The Hall–Kier alpha value is -3.30. The van der Waals surface area contributed by atoms with Gasteiger partial charge < -0.3 is 5.32 Å². The van der Waals surface area contributed by atoms with Crippen LogP contribution in [0.1, 0.15) is 22.3 Å². The molecule has 5 nitrogen and oxygen atoms in total. The molecule has 0 aliphatic heterocycles. The third-order valence-electron chi connectivity index (χ3n) is 3.30. The van der Waals surface area contributed by atoms with Gasteiger partial charge in [0.25, 0.3) is 5.91 Å². The first kappa shape index (κ1) is 20.0. The molecule has 142 valence electrons. The molecular formula is C17H12F5N3O2. The van der Waals surface area contributed by atoms with E-state index in [4.69, 9.17) is 0 Å². The van der Waals surface area contributed by atoms with Gasteiger partial charge >= 0.3 is 0 Å². The second-order valence-electron chi connectivity index (χ2n) is 5.15. The molecule has 0 bridgehead atoms. The normalized spacial score (nSPS) is 10.9. The van der Waals surface area contributed by atoms with Crippen LogP contribution in [0.5, 0.6) is 0 Å². The lowest BCUT2D eigenvalue weighted by Crippen LogP contribution is -2.29. The number of carbonyl (C=O) groups is 2. The Balaban J connectivity index is 1.88. The maximum absolute atomic E-state index is 13.4. The van der Waals surface area contributed by atoms with E-state index in [0.29, 0.717) is 11.8 Å². The minimum absolute atomic E-state index is 0.0579. The first-order valence-corrected chi connectivity index (χ1v) is 7.49. The number of amides is 2. The Morgan fingerprint density at radius 3 is 2.04 bits per heavy atom. The van der Waals surface area contributed by atoms with Crippen molar-refractivity contribution < 1.29 is 31.5 Å². The molecule has 0 aliphatic rings. The Kier molecular flexibility index (Phi) is 6.58. The number of hydrogen-bond donors (Lipinski definition) is 2. The van der Waals surface area contributed by atoms with E-state index in [1.54, 1.807) is 30.3 Å². The zero-order valence-corrected chi connectivity index (χ0v) is 13.5. The van der Waals surface area contributed by atoms with Crippen molar-refractivity contribution in [2.45, 2.75) is 6.42 Å². The van der Waals surface area contributed by atoms with Gasteiger partial charge in [-0.1, -0.05) is 18.2 Å². The fourth-order valence-electron chi connectivity index (χ4n) is 1.94. The summed E-state index contributed by atoms with van der Waals surface area (Å²) in [6.45, 7) is -0.0579. The Morgan fingerprint density at radius 2 is 1.44 bits per heavy atom. The van der Waals surface area contributed by atoms with Crippen LogP contribution in [0.15, 0.2) is 35.4 Å². The summed E-state index contributed by atoms with van der Waals surface area (Å²) in [7, 11) is 0. The van der Waals surface area contributed by atoms with Crippen molar-refractivity contribution in [3.8, 4) is 0 Å². The van der Waals surface area contributed by atoms with Crippen LogP contribution in [0, 0.1) is 29.1 Å². The third kappa shape index (κ3) is 4.87. The van der Waals surface area contributed by atoms with Gasteiger partial charge in [-0.15, -0.1) is 0 Å². The van der Waals surface area contributed by atoms with Gasteiger partial charge in [0, 0.05) is 18.5 Å². The lowest BCUT2D eigenvalue weighted by molar-refractivity contribution is -0.120. The van der Waals surface area contributed by atoms with E-state index < -0.39 is 46.5 Å². The van der Waals surface area contributed by atoms with Crippen molar-refractivity contribution in [2.24, 2.45) is 5.10 Å². The molecule has 0 radical (unpaired) electrons. The molecule has 2 aromatic rings. The molecule has 0 saturated carbocycles. The van der Waals surface area contributed by atoms with E-state index in [1.807, 2.05) is 5.43 Å². The number of benzene rings is 2. The average molecular weight is 385 g/mol. The quantitative estimate of drug-likeness (QED) is 0.264. The van der Waals surface area contributed by atoms with Crippen LogP contribution in [0.4, 0.5) is 22.0 Å². The Labute approximate surface area is 149 Å². The third-order valence-corrected chi connectivity index (χ3v) is 3.30. The van der Waals surface area contributed by atoms with Gasteiger partial charge in [0.05, 0.1) is 11.8 Å². The highest BCUT2D eigenvalue weighted by Crippen LogP contribution is 2.21. The minimum Gasteiger partial charge on any atom is -0.352 e. The van der Waals surface area contributed by atoms with Gasteiger partial charge in [-0.25, -0.2) is 27.4 Å². The molecule has 0 aliphatic carbocycles. The van der Waals surface area contributed by atoms with E-state index in [9.17, 15) is 31.5 Å². The lowest BCUT2D eigenvalue weighted by Gasteiger charge is -2.05. The number of hydrogen-bond acceptors (Lipinski definition) is 3. The predicted molar refractivity (Wildman–Crippen MR) is 85.4 cm³/mol. The number of hydrazone groups is 1. The average Bonchev–Trinajstić information content (AvgIpc) is 2.68. The summed E-state index contributed by atoms with van der Waals surface area (Å²) < 4.78 is 65.8. The van der Waals surface area contributed by atoms with Crippen LogP contribution < -0.4 is 10.7 Å².